The zero-order chi connectivity index (χ0) is 18.2. The van der Waals surface area contributed by atoms with Crippen LogP contribution in [-0.2, 0) is 13.0 Å². The molecule has 2 aliphatic heterocycles. The van der Waals surface area contributed by atoms with Crippen LogP contribution in [-0.4, -0.2) is 32.8 Å². The summed E-state index contributed by atoms with van der Waals surface area (Å²) in [5.74, 6) is 3.72. The Hall–Kier alpha value is -2.14. The third-order valence-electron chi connectivity index (χ3n) is 5.93. The molecule has 0 aliphatic carbocycles. The number of fused-ring (bicyclic) bond motifs is 2. The zero-order valence-corrected chi connectivity index (χ0v) is 16.2. The Balaban J connectivity index is 1.44. The average Bonchev–Trinajstić information content (AvgIpc) is 2.96. The van der Waals surface area contributed by atoms with Gasteiger partial charge in [-0.3, -0.25) is 0 Å². The maximum Gasteiger partial charge on any atom is 0.139 e. The number of hydrogen-bond acceptors (Lipinski definition) is 4. The first-order chi connectivity index (χ1) is 13.3. The van der Waals surface area contributed by atoms with E-state index in [0.717, 1.165) is 55.5 Å². The third-order valence-corrected chi connectivity index (χ3v) is 6.22. The van der Waals surface area contributed by atoms with Crippen molar-refractivity contribution in [2.75, 3.05) is 18.0 Å². The van der Waals surface area contributed by atoms with Gasteiger partial charge in [0.25, 0.3) is 0 Å². The number of pyridine rings is 1. The van der Waals surface area contributed by atoms with Crippen molar-refractivity contribution in [3.8, 4) is 0 Å². The van der Waals surface area contributed by atoms with Crippen molar-refractivity contribution in [2.24, 2.45) is 0 Å². The van der Waals surface area contributed by atoms with E-state index in [0.29, 0.717) is 11.1 Å². The van der Waals surface area contributed by atoms with Crippen LogP contribution in [0.1, 0.15) is 49.7 Å². The van der Waals surface area contributed by atoms with E-state index < -0.39 is 0 Å². The molecular formula is C21H24ClN5. The Labute approximate surface area is 164 Å². The molecule has 5 rings (SSSR count). The topological polar surface area (TPSA) is 46.8 Å². The predicted molar refractivity (Wildman–Crippen MR) is 109 cm³/mol. The maximum absolute atomic E-state index is 6.47. The molecule has 27 heavy (non-hydrogen) atoms. The number of aromatic nitrogens is 4. The first kappa shape index (κ1) is 17.0. The van der Waals surface area contributed by atoms with Gasteiger partial charge in [0.1, 0.15) is 22.6 Å². The highest BCUT2D eigenvalue weighted by Crippen LogP contribution is 2.32. The summed E-state index contributed by atoms with van der Waals surface area (Å²) >= 11 is 6.47. The summed E-state index contributed by atoms with van der Waals surface area (Å²) in [7, 11) is 0. The summed E-state index contributed by atoms with van der Waals surface area (Å²) in [5, 5.41) is 11.8. The average molecular weight is 382 g/mol. The van der Waals surface area contributed by atoms with E-state index in [2.05, 4.69) is 31.8 Å². The number of rotatable bonds is 2. The maximum atomic E-state index is 6.47. The van der Waals surface area contributed by atoms with Crippen molar-refractivity contribution in [2.45, 2.75) is 51.0 Å². The zero-order valence-electron chi connectivity index (χ0n) is 15.4. The van der Waals surface area contributed by atoms with Gasteiger partial charge in [-0.2, -0.15) is 0 Å². The van der Waals surface area contributed by atoms with Crippen LogP contribution in [0.2, 0.25) is 5.15 Å². The second kappa shape index (κ2) is 7.12. The van der Waals surface area contributed by atoms with Gasteiger partial charge in [0.2, 0.25) is 0 Å². The normalized spacial score (nSPS) is 20.5. The monoisotopic (exact) mass is 381 g/mol. The number of benzene rings is 1. The van der Waals surface area contributed by atoms with Crippen molar-refractivity contribution in [3.05, 3.63) is 47.1 Å². The number of aryl methyl sites for hydroxylation is 1. The van der Waals surface area contributed by atoms with Crippen LogP contribution in [0.25, 0.3) is 10.8 Å². The Kier molecular flexibility index (Phi) is 4.48. The quantitative estimate of drug-likeness (QED) is 0.609. The second-order valence-corrected chi connectivity index (χ2v) is 8.07. The molecular weight excluding hydrogens is 358 g/mol. The minimum atomic E-state index is 0.408. The summed E-state index contributed by atoms with van der Waals surface area (Å²) in [6.07, 6.45) is 7.12. The first-order valence-corrected chi connectivity index (χ1v) is 10.4. The van der Waals surface area contributed by atoms with Gasteiger partial charge < -0.3 is 9.47 Å². The van der Waals surface area contributed by atoms with Crippen LogP contribution < -0.4 is 4.90 Å². The third kappa shape index (κ3) is 3.18. The Morgan fingerprint density at radius 2 is 1.93 bits per heavy atom. The molecule has 5 nitrogen and oxygen atoms in total. The van der Waals surface area contributed by atoms with Gasteiger partial charge in [-0.15, -0.1) is 10.2 Å². The lowest BCUT2D eigenvalue weighted by molar-refractivity contribution is 0.464. The standard InChI is InChI=1S/C21H24ClN5/c22-20-17-9-4-3-7-15(17)13-19(23-20)26-11-6-8-16(14-26)21-25-24-18-10-2-1-5-12-27(18)21/h3-4,7,9,13,16H,1-2,5-6,8,10-12,14H2. The van der Waals surface area contributed by atoms with Crippen LogP contribution in [0.15, 0.2) is 30.3 Å². The summed E-state index contributed by atoms with van der Waals surface area (Å²) in [4.78, 5) is 7.06. The minimum absolute atomic E-state index is 0.408. The summed E-state index contributed by atoms with van der Waals surface area (Å²) in [6, 6.07) is 10.3. The van der Waals surface area contributed by atoms with Crippen LogP contribution >= 0.6 is 11.6 Å². The SMILES string of the molecule is Clc1nc(N2CCCC(c3nnc4n3CCCCC4)C2)cc2ccccc12. The molecule has 3 aromatic rings. The molecule has 1 fully saturated rings. The van der Waals surface area contributed by atoms with E-state index >= 15 is 0 Å². The van der Waals surface area contributed by atoms with E-state index in [1.807, 2.05) is 18.2 Å². The van der Waals surface area contributed by atoms with E-state index in [9.17, 15) is 0 Å². The molecule has 0 spiro atoms. The highest BCUT2D eigenvalue weighted by atomic mass is 35.5. The number of hydrogen-bond donors (Lipinski definition) is 0. The molecule has 1 aromatic carbocycles. The lowest BCUT2D eigenvalue weighted by Gasteiger charge is -2.33. The number of piperidine rings is 1. The lowest BCUT2D eigenvalue weighted by Crippen LogP contribution is -2.36. The summed E-state index contributed by atoms with van der Waals surface area (Å²) < 4.78 is 2.39. The fourth-order valence-corrected chi connectivity index (χ4v) is 4.77. The molecule has 6 heteroatoms. The van der Waals surface area contributed by atoms with E-state index in [-0.39, 0.29) is 0 Å². The van der Waals surface area contributed by atoms with Gasteiger partial charge in [-0.1, -0.05) is 42.3 Å². The van der Waals surface area contributed by atoms with Crippen LogP contribution in [0.3, 0.4) is 0 Å². The van der Waals surface area contributed by atoms with E-state index in [4.69, 9.17) is 16.6 Å². The van der Waals surface area contributed by atoms with Crippen LogP contribution in [0, 0.1) is 0 Å². The number of halogens is 1. The van der Waals surface area contributed by atoms with E-state index in [1.54, 1.807) is 0 Å². The summed E-state index contributed by atoms with van der Waals surface area (Å²) in [5.41, 5.74) is 0. The number of anilines is 1. The minimum Gasteiger partial charge on any atom is -0.356 e. The summed E-state index contributed by atoms with van der Waals surface area (Å²) in [6.45, 7) is 3.01. The number of nitrogens with zero attached hydrogens (tertiary/aromatic N) is 5. The highest BCUT2D eigenvalue weighted by Gasteiger charge is 2.28. The Morgan fingerprint density at radius 1 is 1.00 bits per heavy atom. The second-order valence-electron chi connectivity index (χ2n) is 7.71. The van der Waals surface area contributed by atoms with Gasteiger partial charge in [-0.05, 0) is 37.1 Å². The molecule has 0 radical (unpaired) electrons. The Morgan fingerprint density at radius 3 is 2.89 bits per heavy atom. The van der Waals surface area contributed by atoms with Crippen molar-refractivity contribution in [3.63, 3.8) is 0 Å². The fraction of sp³-hybridized carbons (Fsp3) is 0.476. The van der Waals surface area contributed by atoms with Crippen LogP contribution in [0.5, 0.6) is 0 Å². The van der Waals surface area contributed by atoms with Gasteiger partial charge >= 0.3 is 0 Å². The highest BCUT2D eigenvalue weighted by molar-refractivity contribution is 6.34. The molecule has 0 bridgehead atoms. The Bertz CT molecular complexity index is 966. The van der Waals surface area contributed by atoms with Gasteiger partial charge in [0.15, 0.2) is 0 Å². The van der Waals surface area contributed by atoms with Gasteiger partial charge in [0, 0.05) is 37.4 Å². The lowest BCUT2D eigenvalue weighted by atomic mass is 9.97. The molecule has 2 aromatic heterocycles. The van der Waals surface area contributed by atoms with E-state index in [1.165, 1.54) is 30.9 Å². The van der Waals surface area contributed by atoms with Crippen molar-refractivity contribution in [1.82, 2.24) is 19.7 Å². The molecule has 0 N–H and O–H groups in total. The molecule has 1 saturated heterocycles. The van der Waals surface area contributed by atoms with Crippen molar-refractivity contribution < 1.29 is 0 Å². The van der Waals surface area contributed by atoms with Crippen molar-refractivity contribution in [1.29, 1.82) is 0 Å². The van der Waals surface area contributed by atoms with Crippen LogP contribution in [0.4, 0.5) is 5.82 Å². The molecule has 0 amide bonds. The smallest absolute Gasteiger partial charge is 0.139 e. The molecule has 4 heterocycles. The molecule has 2 aliphatic rings. The molecule has 1 unspecified atom stereocenters. The van der Waals surface area contributed by atoms with Gasteiger partial charge in [0.05, 0.1) is 0 Å². The van der Waals surface area contributed by atoms with Crippen molar-refractivity contribution >= 4 is 28.2 Å². The molecule has 140 valence electrons. The van der Waals surface area contributed by atoms with Gasteiger partial charge in [-0.25, -0.2) is 4.98 Å². The molecule has 1 atom stereocenters. The molecule has 0 saturated carbocycles. The largest absolute Gasteiger partial charge is 0.356 e. The predicted octanol–water partition coefficient (Wildman–Crippen LogP) is 4.59. The fourth-order valence-electron chi connectivity index (χ4n) is 4.51. The first-order valence-electron chi connectivity index (χ1n) is 10.0.